The fourth-order valence-corrected chi connectivity index (χ4v) is 3.39. The number of rotatable bonds is 4. The first-order valence-electron chi connectivity index (χ1n) is 7.36. The number of nitrogens with two attached hydrogens (primary N) is 1. The van der Waals surface area contributed by atoms with Gasteiger partial charge in [0.15, 0.2) is 0 Å². The molecule has 23 heavy (non-hydrogen) atoms. The van der Waals surface area contributed by atoms with Crippen LogP contribution in [0, 0.1) is 0 Å². The van der Waals surface area contributed by atoms with Gasteiger partial charge in [-0.05, 0) is 11.4 Å². The molecule has 0 aromatic carbocycles. The largest absolute Gasteiger partial charge is 0.352 e. The summed E-state index contributed by atoms with van der Waals surface area (Å²) in [6.45, 7) is 2.52. The molecule has 2 amide bonds. The number of thiophene rings is 1. The van der Waals surface area contributed by atoms with Crippen molar-refractivity contribution >= 4 is 39.2 Å². The highest BCUT2D eigenvalue weighted by molar-refractivity contribution is 7.17. The monoisotopic (exact) mass is 334 g/mol. The maximum absolute atomic E-state index is 12.1. The molecule has 1 aliphatic rings. The van der Waals surface area contributed by atoms with Crippen LogP contribution in [0.1, 0.15) is 0 Å². The van der Waals surface area contributed by atoms with Crippen LogP contribution in [0.3, 0.4) is 0 Å². The van der Waals surface area contributed by atoms with E-state index in [1.807, 2.05) is 11.4 Å². The summed E-state index contributed by atoms with van der Waals surface area (Å²) >= 11 is 1.62. The minimum Gasteiger partial charge on any atom is -0.352 e. The van der Waals surface area contributed by atoms with Crippen LogP contribution >= 0.6 is 11.3 Å². The molecule has 1 fully saturated rings. The molecule has 0 unspecified atom stereocenters. The topological polar surface area (TPSA) is 104 Å². The van der Waals surface area contributed by atoms with E-state index in [9.17, 15) is 9.59 Å². The second kappa shape index (κ2) is 6.88. The Morgan fingerprint density at radius 1 is 1.26 bits per heavy atom. The second-order valence-corrected chi connectivity index (χ2v) is 6.10. The van der Waals surface area contributed by atoms with E-state index in [0.717, 1.165) is 16.0 Å². The van der Waals surface area contributed by atoms with E-state index in [2.05, 4.69) is 20.2 Å². The maximum atomic E-state index is 12.1. The van der Waals surface area contributed by atoms with Gasteiger partial charge in [0, 0.05) is 26.2 Å². The molecule has 2 aromatic rings. The molecule has 3 rings (SSSR count). The SMILES string of the molecule is NCC(=O)NCC(=O)N1CCN(c2ncnc3ccsc23)CC1. The molecule has 9 heteroatoms. The van der Waals surface area contributed by atoms with E-state index in [1.165, 1.54) is 0 Å². The fourth-order valence-electron chi connectivity index (χ4n) is 2.53. The van der Waals surface area contributed by atoms with E-state index in [0.29, 0.717) is 26.2 Å². The molecule has 0 aliphatic carbocycles. The normalized spacial score (nSPS) is 15.0. The summed E-state index contributed by atoms with van der Waals surface area (Å²) in [4.78, 5) is 35.7. The van der Waals surface area contributed by atoms with E-state index >= 15 is 0 Å². The molecular weight excluding hydrogens is 316 g/mol. The molecule has 0 saturated carbocycles. The Bertz CT molecular complexity index is 710. The Morgan fingerprint density at radius 3 is 2.78 bits per heavy atom. The highest BCUT2D eigenvalue weighted by Crippen LogP contribution is 2.28. The summed E-state index contributed by atoms with van der Waals surface area (Å²) in [6, 6.07) is 1.98. The zero-order valence-corrected chi connectivity index (χ0v) is 13.4. The van der Waals surface area contributed by atoms with Gasteiger partial charge in [0.05, 0.1) is 23.3 Å². The maximum Gasteiger partial charge on any atom is 0.242 e. The van der Waals surface area contributed by atoms with Gasteiger partial charge in [-0.15, -0.1) is 11.3 Å². The highest BCUT2D eigenvalue weighted by Gasteiger charge is 2.23. The summed E-state index contributed by atoms with van der Waals surface area (Å²) in [6.07, 6.45) is 1.57. The van der Waals surface area contributed by atoms with Gasteiger partial charge in [-0.2, -0.15) is 0 Å². The Balaban J connectivity index is 1.59. The predicted molar refractivity (Wildman–Crippen MR) is 88.3 cm³/mol. The van der Waals surface area contributed by atoms with Gasteiger partial charge >= 0.3 is 0 Å². The first kappa shape index (κ1) is 15.6. The molecule has 0 bridgehead atoms. The van der Waals surface area contributed by atoms with Crippen LogP contribution < -0.4 is 16.0 Å². The van der Waals surface area contributed by atoms with Crippen molar-refractivity contribution in [3.05, 3.63) is 17.8 Å². The van der Waals surface area contributed by atoms with Gasteiger partial charge in [-0.1, -0.05) is 0 Å². The van der Waals surface area contributed by atoms with E-state index in [4.69, 9.17) is 5.73 Å². The lowest BCUT2D eigenvalue weighted by Gasteiger charge is -2.35. The molecule has 0 radical (unpaired) electrons. The Hall–Kier alpha value is -2.26. The number of nitrogens with zero attached hydrogens (tertiary/aromatic N) is 4. The van der Waals surface area contributed by atoms with Gasteiger partial charge in [0.2, 0.25) is 11.8 Å². The highest BCUT2D eigenvalue weighted by atomic mass is 32.1. The molecular formula is C14H18N6O2S. The molecule has 122 valence electrons. The van der Waals surface area contributed by atoms with Crippen LogP contribution in [0.2, 0.25) is 0 Å². The molecule has 2 aromatic heterocycles. The van der Waals surface area contributed by atoms with Crippen LogP contribution in [-0.4, -0.2) is 66.0 Å². The fraction of sp³-hybridized carbons (Fsp3) is 0.429. The number of amides is 2. The predicted octanol–water partition coefficient (Wildman–Crippen LogP) is -0.585. The van der Waals surface area contributed by atoms with Crippen molar-refractivity contribution in [3.63, 3.8) is 0 Å². The molecule has 3 heterocycles. The first-order chi connectivity index (χ1) is 11.2. The third-order valence-electron chi connectivity index (χ3n) is 3.78. The van der Waals surface area contributed by atoms with Gasteiger partial charge in [-0.25, -0.2) is 9.97 Å². The molecule has 8 nitrogen and oxygen atoms in total. The number of fused-ring (bicyclic) bond motifs is 1. The summed E-state index contributed by atoms with van der Waals surface area (Å²) in [5.41, 5.74) is 6.15. The third-order valence-corrected chi connectivity index (χ3v) is 4.68. The number of aromatic nitrogens is 2. The number of piperazine rings is 1. The molecule has 0 spiro atoms. The van der Waals surface area contributed by atoms with Crippen molar-refractivity contribution in [2.24, 2.45) is 5.73 Å². The van der Waals surface area contributed by atoms with Crippen molar-refractivity contribution in [3.8, 4) is 0 Å². The first-order valence-corrected chi connectivity index (χ1v) is 8.24. The smallest absolute Gasteiger partial charge is 0.242 e. The lowest BCUT2D eigenvalue weighted by Crippen LogP contribution is -2.51. The van der Waals surface area contributed by atoms with Crippen LogP contribution in [0.15, 0.2) is 17.8 Å². The van der Waals surface area contributed by atoms with Crippen LogP contribution in [0.25, 0.3) is 10.2 Å². The summed E-state index contributed by atoms with van der Waals surface area (Å²) in [5, 5.41) is 4.51. The number of carbonyl (C=O) groups excluding carboxylic acids is 2. The van der Waals surface area contributed by atoms with Gasteiger partial charge < -0.3 is 20.9 Å². The zero-order chi connectivity index (χ0) is 16.2. The van der Waals surface area contributed by atoms with E-state index in [-0.39, 0.29) is 24.9 Å². The van der Waals surface area contributed by atoms with Crippen molar-refractivity contribution < 1.29 is 9.59 Å². The number of nitrogens with one attached hydrogen (secondary N) is 1. The summed E-state index contributed by atoms with van der Waals surface area (Å²) < 4.78 is 1.07. The van der Waals surface area contributed by atoms with E-state index < -0.39 is 0 Å². The van der Waals surface area contributed by atoms with Crippen molar-refractivity contribution in [2.45, 2.75) is 0 Å². The van der Waals surface area contributed by atoms with Gasteiger partial charge in [0.1, 0.15) is 12.1 Å². The van der Waals surface area contributed by atoms with Crippen molar-refractivity contribution in [1.82, 2.24) is 20.2 Å². The second-order valence-electron chi connectivity index (χ2n) is 5.18. The lowest BCUT2D eigenvalue weighted by molar-refractivity contribution is -0.132. The molecule has 0 atom stereocenters. The minimum absolute atomic E-state index is 0.00128. The number of hydrogen-bond acceptors (Lipinski definition) is 7. The minimum atomic E-state index is -0.321. The Labute approximate surface area is 137 Å². The summed E-state index contributed by atoms with van der Waals surface area (Å²) in [5.74, 6) is 0.516. The van der Waals surface area contributed by atoms with Crippen LogP contribution in [0.4, 0.5) is 5.82 Å². The average Bonchev–Trinajstić information content (AvgIpc) is 3.08. The molecule has 3 N–H and O–H groups in total. The van der Waals surface area contributed by atoms with Crippen molar-refractivity contribution in [1.29, 1.82) is 0 Å². The van der Waals surface area contributed by atoms with Crippen molar-refractivity contribution in [2.75, 3.05) is 44.2 Å². The Morgan fingerprint density at radius 2 is 2.04 bits per heavy atom. The average molecular weight is 334 g/mol. The van der Waals surface area contributed by atoms with E-state index in [1.54, 1.807) is 22.6 Å². The van der Waals surface area contributed by atoms with Crippen LogP contribution in [0.5, 0.6) is 0 Å². The molecule has 1 aliphatic heterocycles. The van der Waals surface area contributed by atoms with Gasteiger partial charge in [-0.3, -0.25) is 9.59 Å². The number of anilines is 1. The zero-order valence-electron chi connectivity index (χ0n) is 12.6. The standard InChI is InChI=1S/C14H18N6O2S/c15-7-11(21)16-8-12(22)19-2-4-20(5-3-19)14-13-10(1-6-23-13)17-9-18-14/h1,6,9H,2-5,7-8,15H2,(H,16,21). The number of hydrogen-bond donors (Lipinski definition) is 2. The Kier molecular flexibility index (Phi) is 4.68. The molecule has 1 saturated heterocycles. The number of carbonyl (C=O) groups is 2. The lowest BCUT2D eigenvalue weighted by atomic mass is 10.3. The quantitative estimate of drug-likeness (QED) is 0.775. The third kappa shape index (κ3) is 3.40. The summed E-state index contributed by atoms with van der Waals surface area (Å²) in [7, 11) is 0. The van der Waals surface area contributed by atoms with Gasteiger partial charge in [0.25, 0.3) is 0 Å². The van der Waals surface area contributed by atoms with Crippen LogP contribution in [-0.2, 0) is 9.59 Å².